The van der Waals surface area contributed by atoms with Crippen LogP contribution in [0.5, 0.6) is 5.75 Å². The summed E-state index contributed by atoms with van der Waals surface area (Å²) in [5.41, 5.74) is 13.7. The molecule has 3 aromatic carbocycles. The Labute approximate surface area is 238 Å². The average Bonchev–Trinajstić information content (AvgIpc) is 3.29. The van der Waals surface area contributed by atoms with E-state index in [-0.39, 0.29) is 6.42 Å². The Morgan fingerprint density at radius 2 is 1.59 bits per heavy atom. The molecule has 5 rings (SSSR count). The molecule has 6 N–H and O–H groups in total. The van der Waals surface area contributed by atoms with Crippen molar-refractivity contribution in [3.05, 3.63) is 134 Å². The highest BCUT2D eigenvalue weighted by molar-refractivity contribution is 7.43. The van der Waals surface area contributed by atoms with E-state index in [1.165, 1.54) is 6.20 Å². The van der Waals surface area contributed by atoms with Gasteiger partial charge in [0, 0.05) is 23.6 Å². The number of rotatable bonds is 9. The van der Waals surface area contributed by atoms with Crippen LogP contribution in [0.15, 0.2) is 101 Å². The van der Waals surface area contributed by atoms with E-state index < -0.39 is 43.2 Å². The minimum atomic E-state index is -2.28. The maximum absolute atomic E-state index is 12.9. The molecular formula is C30H33N4O6P. The predicted octanol–water partition coefficient (Wildman–Crippen LogP) is 3.20. The molecule has 214 valence electrons. The third kappa shape index (κ3) is 5.63. The monoisotopic (exact) mass is 576 g/mol. The van der Waals surface area contributed by atoms with Crippen molar-refractivity contribution in [2.24, 2.45) is 11.2 Å². The SMILES string of the molecule is COc1ccc(C(C[C@H]2O[C@@](N)(n3cc(C)c(=O)[nH]c3=O)C[C@@H]2OP(N)O)(c2ccccc2)c2ccccc2)cc1. The first-order chi connectivity index (χ1) is 19.7. The van der Waals surface area contributed by atoms with Crippen molar-refractivity contribution in [1.82, 2.24) is 9.55 Å². The van der Waals surface area contributed by atoms with Crippen molar-refractivity contribution in [3.8, 4) is 5.75 Å². The number of aromatic amines is 1. The second-order valence-corrected chi connectivity index (χ2v) is 11.0. The summed E-state index contributed by atoms with van der Waals surface area (Å²) in [6, 6.07) is 27.8. The summed E-state index contributed by atoms with van der Waals surface area (Å²) in [5, 5.41) is 0. The lowest BCUT2D eigenvalue weighted by molar-refractivity contribution is -0.107. The molecular weight excluding hydrogens is 543 g/mol. The highest BCUT2D eigenvalue weighted by Gasteiger charge is 2.51. The zero-order chi connectivity index (χ0) is 29.2. The minimum Gasteiger partial charge on any atom is -0.497 e. The van der Waals surface area contributed by atoms with E-state index in [1.807, 2.05) is 60.7 Å². The molecule has 1 fully saturated rings. The van der Waals surface area contributed by atoms with Crippen LogP contribution in [0, 0.1) is 6.92 Å². The number of ether oxygens (including phenoxy) is 2. The number of aromatic nitrogens is 2. The number of nitrogens with two attached hydrogens (primary N) is 2. The molecule has 4 atom stereocenters. The summed E-state index contributed by atoms with van der Waals surface area (Å²) >= 11 is 0. The maximum Gasteiger partial charge on any atom is 0.331 e. The molecule has 1 unspecified atom stereocenters. The molecule has 11 heteroatoms. The van der Waals surface area contributed by atoms with E-state index in [2.05, 4.69) is 29.2 Å². The van der Waals surface area contributed by atoms with Crippen molar-refractivity contribution in [2.45, 2.75) is 43.2 Å². The van der Waals surface area contributed by atoms with Crippen LogP contribution < -0.4 is 27.2 Å². The molecule has 4 aromatic rings. The van der Waals surface area contributed by atoms with Crippen molar-refractivity contribution >= 4 is 8.53 Å². The first-order valence-electron chi connectivity index (χ1n) is 13.1. The third-order valence-corrected chi connectivity index (χ3v) is 8.15. The summed E-state index contributed by atoms with van der Waals surface area (Å²) in [4.78, 5) is 37.3. The van der Waals surface area contributed by atoms with Crippen molar-refractivity contribution in [2.75, 3.05) is 7.11 Å². The second kappa shape index (κ2) is 11.7. The number of nitrogens with one attached hydrogen (secondary N) is 1. The lowest BCUT2D eigenvalue weighted by Crippen LogP contribution is -2.51. The Hall–Kier alpha value is -3.63. The van der Waals surface area contributed by atoms with Crippen LogP contribution in [-0.2, 0) is 20.5 Å². The van der Waals surface area contributed by atoms with Gasteiger partial charge in [-0.15, -0.1) is 0 Å². The Morgan fingerprint density at radius 1 is 1.02 bits per heavy atom. The summed E-state index contributed by atoms with van der Waals surface area (Å²) in [5.74, 6) is -0.962. The van der Waals surface area contributed by atoms with Gasteiger partial charge in [0.05, 0.1) is 19.3 Å². The second-order valence-electron chi connectivity index (χ2n) is 10.2. The van der Waals surface area contributed by atoms with Gasteiger partial charge in [0.15, 0.2) is 0 Å². The van der Waals surface area contributed by atoms with E-state index in [0.717, 1.165) is 21.3 Å². The van der Waals surface area contributed by atoms with E-state index >= 15 is 0 Å². The lowest BCUT2D eigenvalue weighted by Gasteiger charge is -2.39. The van der Waals surface area contributed by atoms with Crippen LogP contribution in [0.25, 0.3) is 0 Å². The van der Waals surface area contributed by atoms with E-state index in [9.17, 15) is 14.5 Å². The maximum atomic E-state index is 12.9. The van der Waals surface area contributed by atoms with Gasteiger partial charge in [-0.1, -0.05) is 72.8 Å². The summed E-state index contributed by atoms with van der Waals surface area (Å²) in [6.07, 6.45) is 0.183. The van der Waals surface area contributed by atoms with Gasteiger partial charge in [-0.25, -0.2) is 4.79 Å². The van der Waals surface area contributed by atoms with E-state index in [0.29, 0.717) is 17.7 Å². The van der Waals surface area contributed by atoms with Crippen LogP contribution in [0.2, 0.25) is 0 Å². The first kappa shape index (κ1) is 28.9. The molecule has 41 heavy (non-hydrogen) atoms. The molecule has 2 heterocycles. The number of benzene rings is 3. The first-order valence-corrected chi connectivity index (χ1v) is 14.4. The number of hydrogen-bond donors (Lipinski definition) is 4. The van der Waals surface area contributed by atoms with Crippen molar-refractivity contribution in [1.29, 1.82) is 0 Å². The van der Waals surface area contributed by atoms with Crippen LogP contribution in [0.1, 0.15) is 35.1 Å². The summed E-state index contributed by atoms with van der Waals surface area (Å²) in [6.45, 7) is 1.57. The van der Waals surface area contributed by atoms with Gasteiger partial charge in [-0.3, -0.25) is 25.6 Å². The van der Waals surface area contributed by atoms with Crippen molar-refractivity contribution < 1.29 is 18.9 Å². The van der Waals surface area contributed by atoms with Gasteiger partial charge < -0.3 is 18.9 Å². The number of nitrogens with zero attached hydrogens (tertiary/aromatic N) is 1. The zero-order valence-electron chi connectivity index (χ0n) is 22.8. The number of methoxy groups -OCH3 is 1. The zero-order valence-corrected chi connectivity index (χ0v) is 23.7. The van der Waals surface area contributed by atoms with E-state index in [1.54, 1.807) is 14.0 Å². The molecule has 1 aliphatic heterocycles. The van der Waals surface area contributed by atoms with Gasteiger partial charge in [0.2, 0.25) is 14.4 Å². The molecule has 0 amide bonds. The quantitative estimate of drug-likeness (QED) is 0.175. The van der Waals surface area contributed by atoms with Crippen molar-refractivity contribution in [3.63, 3.8) is 0 Å². The molecule has 1 saturated heterocycles. The number of H-pyrrole nitrogens is 1. The topological polar surface area (TPSA) is 155 Å². The fourth-order valence-electron chi connectivity index (χ4n) is 5.70. The molecule has 1 aliphatic rings. The molecule has 0 saturated carbocycles. The average molecular weight is 577 g/mol. The largest absolute Gasteiger partial charge is 0.497 e. The van der Waals surface area contributed by atoms with Crippen LogP contribution >= 0.6 is 8.53 Å². The van der Waals surface area contributed by atoms with E-state index in [4.69, 9.17) is 25.2 Å². The van der Waals surface area contributed by atoms with Gasteiger partial charge in [-0.05, 0) is 42.2 Å². The van der Waals surface area contributed by atoms with Gasteiger partial charge in [0.1, 0.15) is 5.75 Å². The smallest absolute Gasteiger partial charge is 0.331 e. The fraction of sp³-hybridized carbons (Fsp3) is 0.267. The highest BCUT2D eigenvalue weighted by atomic mass is 31.2. The highest BCUT2D eigenvalue weighted by Crippen LogP contribution is 2.48. The molecule has 10 nitrogen and oxygen atoms in total. The normalized spacial score (nSPS) is 21.5. The molecule has 0 spiro atoms. The van der Waals surface area contributed by atoms with Crippen LogP contribution in [0.3, 0.4) is 0 Å². The van der Waals surface area contributed by atoms with Gasteiger partial charge in [-0.2, -0.15) is 0 Å². The Bertz CT molecular complexity index is 1550. The van der Waals surface area contributed by atoms with Crippen LogP contribution in [0.4, 0.5) is 0 Å². The Morgan fingerprint density at radius 3 is 2.12 bits per heavy atom. The van der Waals surface area contributed by atoms with Crippen LogP contribution in [-0.4, -0.2) is 33.8 Å². The molecule has 1 aromatic heterocycles. The summed E-state index contributed by atoms with van der Waals surface area (Å²) in [7, 11) is -0.658. The third-order valence-electron chi connectivity index (χ3n) is 7.66. The fourth-order valence-corrected chi connectivity index (χ4v) is 6.19. The summed E-state index contributed by atoms with van der Waals surface area (Å²) < 4.78 is 18.9. The standard InChI is InChI=1S/C30H33N4O6P/c1-20-19-34(28(36)33-27(20)35)30(31)18-26(40-41(32)37)25(39-30)17-29(21-9-5-3-6-10-21,22-11-7-4-8-12-22)23-13-15-24(38-2)16-14-23/h3-16,19,25-26,37H,17-18,31-32H2,1-2H3,(H,33,35,36)/t25-,26+,30+,41?/m1/s1. The molecule has 0 bridgehead atoms. The molecule has 0 radical (unpaired) electrons. The predicted molar refractivity (Wildman–Crippen MR) is 156 cm³/mol. The lowest BCUT2D eigenvalue weighted by atomic mass is 9.66. The van der Waals surface area contributed by atoms with Gasteiger partial charge in [0.25, 0.3) is 5.56 Å². The Balaban J connectivity index is 1.68. The number of aryl methyl sites for hydroxylation is 1. The Kier molecular flexibility index (Phi) is 8.24. The molecule has 0 aliphatic carbocycles. The minimum absolute atomic E-state index is 0.00191. The van der Waals surface area contributed by atoms with Gasteiger partial charge >= 0.3 is 5.69 Å². The number of hydrogen-bond acceptors (Lipinski definition) is 8.